The van der Waals surface area contributed by atoms with Gasteiger partial charge in [0, 0.05) is 30.5 Å². The second-order valence-corrected chi connectivity index (χ2v) is 10.9. The Morgan fingerprint density at radius 2 is 1.54 bits per heavy atom. The Morgan fingerprint density at radius 1 is 0.878 bits per heavy atom. The first-order chi connectivity index (χ1) is 20.0. The molecule has 0 spiro atoms. The molecule has 1 aliphatic rings. The molecule has 3 aromatic rings. The normalized spacial score (nSPS) is 13.9. The Bertz CT molecular complexity index is 1260. The molecule has 0 radical (unpaired) electrons. The summed E-state index contributed by atoms with van der Waals surface area (Å²) in [5.41, 5.74) is 2.92. The Labute approximate surface area is 249 Å². The first-order valence-electron chi connectivity index (χ1n) is 14.7. The molecule has 1 aliphatic carbocycles. The quantitative estimate of drug-likeness (QED) is 0.230. The average Bonchev–Trinajstić information content (AvgIpc) is 3.49. The van der Waals surface area contributed by atoms with E-state index in [1.54, 1.807) is 4.90 Å². The van der Waals surface area contributed by atoms with Crippen LogP contribution in [-0.4, -0.2) is 42.0 Å². The maximum atomic E-state index is 14.0. The van der Waals surface area contributed by atoms with E-state index in [2.05, 4.69) is 5.32 Å². The van der Waals surface area contributed by atoms with E-state index >= 15 is 0 Å². The molecule has 0 aliphatic heterocycles. The monoisotopic (exact) mass is 576 g/mol. The number of carbonyl (C=O) groups is 2. The van der Waals surface area contributed by atoms with Crippen molar-refractivity contribution in [3.05, 3.63) is 94.5 Å². The summed E-state index contributed by atoms with van der Waals surface area (Å²) < 4.78 is 11.5. The van der Waals surface area contributed by atoms with Crippen molar-refractivity contribution in [2.24, 2.45) is 0 Å². The maximum absolute atomic E-state index is 14.0. The maximum Gasteiger partial charge on any atom is 0.243 e. The van der Waals surface area contributed by atoms with Crippen molar-refractivity contribution in [3.63, 3.8) is 0 Å². The highest BCUT2D eigenvalue weighted by atomic mass is 35.5. The Hall–Kier alpha value is -3.51. The number of hydrogen-bond acceptors (Lipinski definition) is 4. The fourth-order valence-electron chi connectivity index (χ4n) is 5.35. The number of nitrogens with zero attached hydrogens (tertiary/aromatic N) is 1. The van der Waals surface area contributed by atoms with Gasteiger partial charge >= 0.3 is 0 Å². The Morgan fingerprint density at radius 3 is 2.22 bits per heavy atom. The number of rotatable bonds is 14. The van der Waals surface area contributed by atoms with Gasteiger partial charge in [0.2, 0.25) is 11.8 Å². The van der Waals surface area contributed by atoms with Gasteiger partial charge < -0.3 is 19.7 Å². The highest BCUT2D eigenvalue weighted by Crippen LogP contribution is 2.29. The topological polar surface area (TPSA) is 67.9 Å². The predicted octanol–water partition coefficient (Wildman–Crippen LogP) is 6.77. The van der Waals surface area contributed by atoms with Gasteiger partial charge in [0.05, 0.1) is 13.2 Å². The number of hydrogen-bond donors (Lipinski definition) is 1. The fraction of sp³-hybridized carbons (Fsp3) is 0.412. The molecule has 2 amide bonds. The summed E-state index contributed by atoms with van der Waals surface area (Å²) >= 11 is 6.15. The molecule has 6 nitrogen and oxygen atoms in total. The van der Waals surface area contributed by atoms with Crippen LogP contribution in [0.15, 0.2) is 72.8 Å². The molecule has 1 fully saturated rings. The van der Waals surface area contributed by atoms with E-state index in [4.69, 9.17) is 21.1 Å². The lowest BCUT2D eigenvalue weighted by Gasteiger charge is -2.32. The van der Waals surface area contributed by atoms with E-state index in [0.29, 0.717) is 49.1 Å². The molecular weight excluding hydrogens is 536 g/mol. The van der Waals surface area contributed by atoms with Gasteiger partial charge in [0.1, 0.15) is 6.04 Å². The van der Waals surface area contributed by atoms with Crippen LogP contribution in [0.1, 0.15) is 62.6 Å². The van der Waals surface area contributed by atoms with Gasteiger partial charge in [-0.2, -0.15) is 0 Å². The SMILES string of the molecule is CCOc1ccc(CCC(=O)N(Cc2ccc(Cl)cc2)C(Cc2ccccc2)C(=O)NC2CCCC2)cc1OCC. The third-order valence-corrected chi connectivity index (χ3v) is 7.73. The largest absolute Gasteiger partial charge is 0.490 e. The zero-order chi connectivity index (χ0) is 29.0. The van der Waals surface area contributed by atoms with Crippen molar-refractivity contribution in [2.45, 2.75) is 77.4 Å². The van der Waals surface area contributed by atoms with Gasteiger partial charge in [-0.15, -0.1) is 0 Å². The smallest absolute Gasteiger partial charge is 0.243 e. The van der Waals surface area contributed by atoms with Crippen molar-refractivity contribution in [3.8, 4) is 11.5 Å². The predicted molar refractivity (Wildman–Crippen MR) is 163 cm³/mol. The number of nitrogens with one attached hydrogen (secondary N) is 1. The highest BCUT2D eigenvalue weighted by molar-refractivity contribution is 6.30. The van der Waals surface area contributed by atoms with Crippen LogP contribution in [0.25, 0.3) is 0 Å². The molecule has 7 heteroatoms. The molecule has 0 heterocycles. The zero-order valence-electron chi connectivity index (χ0n) is 24.1. The Balaban J connectivity index is 1.59. The van der Waals surface area contributed by atoms with Crippen molar-refractivity contribution >= 4 is 23.4 Å². The first kappa shape index (κ1) is 30.4. The summed E-state index contributed by atoms with van der Waals surface area (Å²) in [5, 5.41) is 3.89. The molecule has 1 unspecified atom stereocenters. The van der Waals surface area contributed by atoms with Crippen LogP contribution >= 0.6 is 11.6 Å². The van der Waals surface area contributed by atoms with E-state index < -0.39 is 6.04 Å². The van der Waals surface area contributed by atoms with Gasteiger partial charge in [0.15, 0.2) is 11.5 Å². The molecule has 4 rings (SSSR count). The molecule has 0 bridgehead atoms. The van der Waals surface area contributed by atoms with Gasteiger partial charge in [-0.25, -0.2) is 0 Å². The summed E-state index contributed by atoms with van der Waals surface area (Å²) in [6, 6.07) is 22.7. The van der Waals surface area contributed by atoms with Crippen LogP contribution in [0.5, 0.6) is 11.5 Å². The van der Waals surface area contributed by atoms with E-state index in [1.165, 1.54) is 0 Å². The van der Waals surface area contributed by atoms with Crippen LogP contribution in [0.2, 0.25) is 5.02 Å². The summed E-state index contributed by atoms with van der Waals surface area (Å²) in [4.78, 5) is 29.6. The van der Waals surface area contributed by atoms with E-state index in [9.17, 15) is 9.59 Å². The van der Waals surface area contributed by atoms with Crippen molar-refractivity contribution < 1.29 is 19.1 Å². The van der Waals surface area contributed by atoms with Crippen molar-refractivity contribution in [2.75, 3.05) is 13.2 Å². The lowest BCUT2D eigenvalue weighted by molar-refractivity contribution is -0.141. The van der Waals surface area contributed by atoms with Crippen LogP contribution in [0, 0.1) is 0 Å². The molecule has 0 aromatic heterocycles. The Kier molecular flexibility index (Phi) is 11.5. The van der Waals surface area contributed by atoms with Gasteiger partial charge in [0.25, 0.3) is 0 Å². The lowest BCUT2D eigenvalue weighted by atomic mass is 10.0. The number of ether oxygens (including phenoxy) is 2. The minimum Gasteiger partial charge on any atom is -0.490 e. The third kappa shape index (κ3) is 8.99. The lowest BCUT2D eigenvalue weighted by Crippen LogP contribution is -2.52. The number of carbonyl (C=O) groups excluding carboxylic acids is 2. The molecule has 1 N–H and O–H groups in total. The molecule has 1 atom stereocenters. The fourth-order valence-corrected chi connectivity index (χ4v) is 5.48. The van der Waals surface area contributed by atoms with Crippen LogP contribution in [0.4, 0.5) is 0 Å². The first-order valence-corrected chi connectivity index (χ1v) is 15.1. The molecule has 41 heavy (non-hydrogen) atoms. The van der Waals surface area contributed by atoms with Gasteiger partial charge in [-0.1, -0.05) is 73.0 Å². The molecule has 1 saturated carbocycles. The van der Waals surface area contributed by atoms with Crippen LogP contribution in [-0.2, 0) is 29.0 Å². The van der Waals surface area contributed by atoms with Gasteiger partial charge in [-0.3, -0.25) is 9.59 Å². The van der Waals surface area contributed by atoms with Gasteiger partial charge in [-0.05, 0) is 74.1 Å². The minimum absolute atomic E-state index is 0.0747. The summed E-state index contributed by atoms with van der Waals surface area (Å²) in [5.74, 6) is 1.20. The van der Waals surface area contributed by atoms with Crippen LogP contribution in [0.3, 0.4) is 0 Å². The van der Waals surface area contributed by atoms with E-state index in [1.807, 2.05) is 86.6 Å². The number of aryl methyl sites for hydroxylation is 1. The summed E-state index contributed by atoms with van der Waals surface area (Å²) in [6.45, 7) is 5.26. The number of halogens is 1. The number of benzene rings is 3. The summed E-state index contributed by atoms with van der Waals surface area (Å²) in [6.07, 6.45) is 5.42. The van der Waals surface area contributed by atoms with Crippen molar-refractivity contribution in [1.82, 2.24) is 10.2 Å². The van der Waals surface area contributed by atoms with E-state index in [0.717, 1.165) is 42.4 Å². The molecule has 3 aromatic carbocycles. The molecular formula is C34H41ClN2O4. The van der Waals surface area contributed by atoms with E-state index in [-0.39, 0.29) is 24.3 Å². The second kappa shape index (κ2) is 15.5. The summed E-state index contributed by atoms with van der Waals surface area (Å²) in [7, 11) is 0. The van der Waals surface area contributed by atoms with Crippen LogP contribution < -0.4 is 14.8 Å². The highest BCUT2D eigenvalue weighted by Gasteiger charge is 2.32. The average molecular weight is 577 g/mol. The standard InChI is InChI=1S/C34H41ClN2O4/c1-3-40-31-20-16-26(23-32(31)41-4-2)17-21-33(38)37(24-27-14-18-28(35)19-15-27)30(22-25-10-6-5-7-11-25)34(39)36-29-12-8-9-13-29/h5-7,10-11,14-16,18-20,23,29-30H,3-4,8-9,12-13,17,21-22,24H2,1-2H3,(H,36,39). The minimum atomic E-state index is -0.638. The number of amides is 2. The second-order valence-electron chi connectivity index (χ2n) is 10.5. The zero-order valence-corrected chi connectivity index (χ0v) is 24.9. The molecule has 0 saturated heterocycles. The van der Waals surface area contributed by atoms with Crippen molar-refractivity contribution in [1.29, 1.82) is 0 Å². The molecule has 218 valence electrons. The third-order valence-electron chi connectivity index (χ3n) is 7.47.